The zero-order chi connectivity index (χ0) is 10.7. The van der Waals surface area contributed by atoms with Crippen molar-refractivity contribution < 1.29 is 9.82 Å². The number of hydrogen-bond donors (Lipinski definition) is 1. The van der Waals surface area contributed by atoms with E-state index in [0.29, 0.717) is 13.0 Å². The molecule has 0 unspecified atom stereocenters. The molecule has 0 radical (unpaired) electrons. The maximum absolute atomic E-state index is 11.2. The van der Waals surface area contributed by atoms with Gasteiger partial charge in [0.15, 0.2) is 0 Å². The lowest BCUT2D eigenvalue weighted by molar-refractivity contribution is -0.120. The van der Waals surface area contributed by atoms with Gasteiger partial charge in [0.2, 0.25) is 0 Å². The molecule has 1 heterocycles. The number of rotatable bonds is 3. The molecule has 0 amide bonds. The summed E-state index contributed by atoms with van der Waals surface area (Å²) in [6, 6.07) is -0.519. The van der Waals surface area contributed by atoms with Crippen LogP contribution in [0.15, 0.2) is 5.11 Å². The maximum Gasteiger partial charge on any atom is 0.377 e. The molecule has 6 nitrogen and oxygen atoms in total. The average molecular weight is 196 g/mol. The molecular weight excluding hydrogens is 183 g/mol. The molecule has 1 aliphatic rings. The highest BCUT2D eigenvalue weighted by molar-refractivity contribution is 6.45. The zero-order valence-corrected chi connectivity index (χ0v) is 8.29. The van der Waals surface area contributed by atoms with Gasteiger partial charge in [0.05, 0.1) is 12.1 Å². The predicted molar refractivity (Wildman–Crippen MR) is 52.6 cm³/mol. The van der Waals surface area contributed by atoms with Crippen LogP contribution in [0, 0.1) is 0 Å². The molecular formula is C7H13BN4O2. The zero-order valence-electron chi connectivity index (χ0n) is 8.29. The molecule has 1 rings (SSSR count). The Morgan fingerprint density at radius 2 is 2.43 bits per heavy atom. The van der Waals surface area contributed by atoms with Crippen LogP contribution in [0.1, 0.15) is 13.3 Å². The maximum atomic E-state index is 11.2. The minimum atomic E-state index is -0.678. The summed E-state index contributed by atoms with van der Waals surface area (Å²) < 4.78 is 0. The Balaban J connectivity index is 2.74. The largest absolute Gasteiger partial charge is 0.437 e. The number of Topliss-reactive ketones (excluding diaryl/α,β-unsaturated/α-hetero) is 1. The molecule has 1 fully saturated rings. The van der Waals surface area contributed by atoms with Crippen LogP contribution >= 0.6 is 0 Å². The van der Waals surface area contributed by atoms with Crippen LogP contribution < -0.4 is 0 Å². The van der Waals surface area contributed by atoms with E-state index in [2.05, 4.69) is 10.0 Å². The monoisotopic (exact) mass is 196 g/mol. The van der Waals surface area contributed by atoms with Crippen molar-refractivity contribution in [2.24, 2.45) is 5.11 Å². The van der Waals surface area contributed by atoms with Crippen molar-refractivity contribution in [1.82, 2.24) is 4.81 Å². The van der Waals surface area contributed by atoms with Crippen LogP contribution in [0.25, 0.3) is 10.4 Å². The fourth-order valence-electron chi connectivity index (χ4n) is 1.81. The molecule has 0 spiro atoms. The SMILES string of the molecule is CB(O)N1C[C@@H](N=[N+]=[N-])C[C@H]1C(C)=O. The lowest BCUT2D eigenvalue weighted by atomic mass is 9.83. The van der Waals surface area contributed by atoms with Gasteiger partial charge in [-0.05, 0) is 32.2 Å². The van der Waals surface area contributed by atoms with Crippen LogP contribution in [0.4, 0.5) is 0 Å². The Hall–Kier alpha value is -1.04. The van der Waals surface area contributed by atoms with Gasteiger partial charge in [0.1, 0.15) is 5.78 Å². The van der Waals surface area contributed by atoms with Crippen LogP contribution in [-0.4, -0.2) is 41.3 Å². The molecule has 1 N–H and O–H groups in total. The molecule has 0 saturated carbocycles. The van der Waals surface area contributed by atoms with Crippen molar-refractivity contribution in [3.8, 4) is 0 Å². The normalized spacial score (nSPS) is 27.1. The smallest absolute Gasteiger partial charge is 0.377 e. The van der Waals surface area contributed by atoms with Crippen molar-refractivity contribution in [3.63, 3.8) is 0 Å². The first-order valence-electron chi connectivity index (χ1n) is 4.54. The molecule has 0 aromatic heterocycles. The van der Waals surface area contributed by atoms with Crippen LogP contribution in [-0.2, 0) is 4.79 Å². The van der Waals surface area contributed by atoms with E-state index in [9.17, 15) is 9.82 Å². The summed E-state index contributed by atoms with van der Waals surface area (Å²) in [7, 11) is -0.678. The molecule has 0 bridgehead atoms. The lowest BCUT2D eigenvalue weighted by Crippen LogP contribution is -2.44. The van der Waals surface area contributed by atoms with Crippen molar-refractivity contribution in [1.29, 1.82) is 0 Å². The number of nitrogens with zero attached hydrogens (tertiary/aromatic N) is 4. The molecule has 1 saturated heterocycles. The van der Waals surface area contributed by atoms with Gasteiger partial charge in [-0.25, -0.2) is 0 Å². The fourth-order valence-corrected chi connectivity index (χ4v) is 1.81. The highest BCUT2D eigenvalue weighted by atomic mass is 16.2. The van der Waals surface area contributed by atoms with E-state index in [1.807, 2.05) is 0 Å². The van der Waals surface area contributed by atoms with Crippen LogP contribution in [0.2, 0.25) is 6.82 Å². The van der Waals surface area contributed by atoms with E-state index < -0.39 is 7.05 Å². The quantitative estimate of drug-likeness (QED) is 0.307. The van der Waals surface area contributed by atoms with Gasteiger partial charge in [-0.2, -0.15) is 0 Å². The average Bonchev–Trinajstić information content (AvgIpc) is 2.49. The third-order valence-electron chi connectivity index (χ3n) is 2.48. The molecule has 0 aliphatic carbocycles. The van der Waals surface area contributed by atoms with Gasteiger partial charge >= 0.3 is 7.05 Å². The lowest BCUT2D eigenvalue weighted by Gasteiger charge is -2.22. The molecule has 0 aromatic carbocycles. The Kier molecular flexibility index (Phi) is 3.52. The van der Waals surface area contributed by atoms with Gasteiger partial charge in [0.25, 0.3) is 0 Å². The number of azide groups is 1. The summed E-state index contributed by atoms with van der Waals surface area (Å²) in [5, 5.41) is 13.0. The summed E-state index contributed by atoms with van der Waals surface area (Å²) >= 11 is 0. The second-order valence-electron chi connectivity index (χ2n) is 3.55. The summed E-state index contributed by atoms with van der Waals surface area (Å²) in [5.74, 6) is 0.00143. The molecule has 2 atom stereocenters. The van der Waals surface area contributed by atoms with Gasteiger partial charge in [0, 0.05) is 4.91 Å². The molecule has 7 heteroatoms. The summed E-state index contributed by atoms with van der Waals surface area (Å²) in [6.45, 7) is 3.54. The Morgan fingerprint density at radius 1 is 1.79 bits per heavy atom. The second-order valence-corrected chi connectivity index (χ2v) is 3.55. The topological polar surface area (TPSA) is 89.3 Å². The van der Waals surface area contributed by atoms with E-state index in [0.717, 1.165) is 0 Å². The first-order valence-corrected chi connectivity index (χ1v) is 4.54. The van der Waals surface area contributed by atoms with Crippen molar-refractivity contribution in [2.75, 3.05) is 6.54 Å². The molecule has 1 aliphatic heterocycles. The summed E-state index contributed by atoms with van der Waals surface area (Å²) in [5.41, 5.74) is 8.27. The van der Waals surface area contributed by atoms with Crippen LogP contribution in [0.5, 0.6) is 0 Å². The Bertz CT molecular complexity index is 277. The Labute approximate surface area is 82.7 Å². The molecule has 76 valence electrons. The number of carbonyl (C=O) groups is 1. The van der Waals surface area contributed by atoms with E-state index in [4.69, 9.17) is 5.53 Å². The fraction of sp³-hybridized carbons (Fsp3) is 0.857. The third-order valence-corrected chi connectivity index (χ3v) is 2.48. The van der Waals surface area contributed by atoms with Crippen molar-refractivity contribution in [2.45, 2.75) is 32.3 Å². The third kappa shape index (κ3) is 2.26. The van der Waals surface area contributed by atoms with Gasteiger partial charge in [-0.1, -0.05) is 5.11 Å². The minimum absolute atomic E-state index is 0.00143. The summed E-state index contributed by atoms with van der Waals surface area (Å²) in [4.78, 5) is 15.6. The Morgan fingerprint density at radius 3 is 2.79 bits per heavy atom. The van der Waals surface area contributed by atoms with E-state index in [-0.39, 0.29) is 17.9 Å². The first-order chi connectivity index (χ1) is 6.56. The van der Waals surface area contributed by atoms with E-state index in [1.54, 1.807) is 11.6 Å². The van der Waals surface area contributed by atoms with Gasteiger partial charge in [-0.15, -0.1) is 0 Å². The molecule has 0 aromatic rings. The standard InChI is InChI=1S/C7H13BN4O2/c1-5(13)7-3-6(10-11-9)4-12(7)8(2)14/h6-7,14H,3-4H2,1-2H3/t6-,7-/m0/s1. The van der Waals surface area contributed by atoms with E-state index in [1.165, 1.54) is 6.92 Å². The van der Waals surface area contributed by atoms with Crippen molar-refractivity contribution >= 4 is 12.8 Å². The highest BCUT2D eigenvalue weighted by Crippen LogP contribution is 2.21. The predicted octanol–water partition coefficient (Wildman–Crippen LogP) is 0.439. The van der Waals surface area contributed by atoms with Crippen molar-refractivity contribution in [3.05, 3.63) is 10.4 Å². The number of carbonyl (C=O) groups excluding carboxylic acids is 1. The van der Waals surface area contributed by atoms with E-state index >= 15 is 0 Å². The first kappa shape index (κ1) is 11.0. The second kappa shape index (κ2) is 4.46. The summed E-state index contributed by atoms with van der Waals surface area (Å²) in [6.07, 6.45) is 0.504. The highest BCUT2D eigenvalue weighted by Gasteiger charge is 2.37. The van der Waals surface area contributed by atoms with Crippen LogP contribution in [0.3, 0.4) is 0 Å². The van der Waals surface area contributed by atoms with Gasteiger partial charge < -0.3 is 9.83 Å². The molecule has 14 heavy (non-hydrogen) atoms. The number of hydrogen-bond acceptors (Lipinski definition) is 4. The van der Waals surface area contributed by atoms with Gasteiger partial charge in [-0.3, -0.25) is 4.79 Å². The number of ketones is 1. The minimum Gasteiger partial charge on any atom is -0.437 e.